The number of ether oxygens (including phenoxy) is 2. The smallest absolute Gasteiger partial charge is 0.407 e. The molecular weight excluding hydrogens is 1110 g/mol. The molecule has 2 aliphatic heterocycles. The number of hydrogen-bond donors (Lipinski definition) is 12. The quantitative estimate of drug-likeness (QED) is 0.0488. The molecule has 3 heterocycles. The number of amides is 7. The molecule has 454 valence electrons. The number of nitrogens with zero attached hydrogens (tertiary/aromatic N) is 1. The number of hydrogen-bond acceptors (Lipinski definition) is 14. The van der Waals surface area contributed by atoms with Gasteiger partial charge in [0.05, 0.1) is 13.0 Å². The third-order valence-corrected chi connectivity index (χ3v) is 14.4. The molecule has 8 atom stereocenters. The highest BCUT2D eigenvalue weighted by Gasteiger charge is 2.45. The predicted molar refractivity (Wildman–Crippen MR) is 316 cm³/mol. The molecule has 0 saturated carbocycles. The Morgan fingerprint density at radius 1 is 0.616 bits per heavy atom. The summed E-state index contributed by atoms with van der Waals surface area (Å²) in [7, 11) is 0. The number of H-pyrrole nitrogens is 1. The molecule has 2 aliphatic rings. The van der Waals surface area contributed by atoms with Crippen LogP contribution in [0, 0.1) is 0 Å². The number of aromatic nitrogens is 1. The fraction of sp³-hybridized carbons (Fsp3) is 0.339. The van der Waals surface area contributed by atoms with Crippen molar-refractivity contribution in [1.82, 2.24) is 41.8 Å². The first kappa shape index (κ1) is 63.9. The van der Waals surface area contributed by atoms with Crippen molar-refractivity contribution in [3.8, 4) is 5.75 Å². The molecule has 2 fully saturated rings. The number of carboxylic acid groups (broad SMARTS) is 2. The minimum atomic E-state index is -1.42. The van der Waals surface area contributed by atoms with Gasteiger partial charge in [-0.1, -0.05) is 121 Å². The molecule has 0 aliphatic carbocycles. The first-order valence-electron chi connectivity index (χ1n) is 28.3. The van der Waals surface area contributed by atoms with Gasteiger partial charge in [-0.3, -0.25) is 38.4 Å². The molecule has 8 rings (SSSR count). The molecule has 24 nitrogen and oxygen atoms in total. The van der Waals surface area contributed by atoms with Crippen molar-refractivity contribution in [2.75, 3.05) is 26.2 Å². The first-order valence-corrected chi connectivity index (χ1v) is 28.3. The fourth-order valence-electron chi connectivity index (χ4n) is 9.92. The van der Waals surface area contributed by atoms with Crippen molar-refractivity contribution in [3.05, 3.63) is 174 Å². The first-order chi connectivity index (χ1) is 41.5. The molecule has 15 N–H and O–H groups in total. The second-order valence-corrected chi connectivity index (χ2v) is 20.8. The van der Waals surface area contributed by atoms with Crippen molar-refractivity contribution in [3.63, 3.8) is 0 Å². The van der Waals surface area contributed by atoms with Crippen LogP contribution in [0.2, 0.25) is 0 Å². The van der Waals surface area contributed by atoms with Crippen LogP contribution in [0.25, 0.3) is 10.9 Å². The van der Waals surface area contributed by atoms with Gasteiger partial charge >= 0.3 is 18.0 Å². The van der Waals surface area contributed by atoms with Crippen LogP contribution in [-0.4, -0.2) is 142 Å². The maximum Gasteiger partial charge on any atom is 0.407 e. The molecule has 86 heavy (non-hydrogen) atoms. The summed E-state index contributed by atoms with van der Waals surface area (Å²) in [6, 6.07) is 32.3. The summed E-state index contributed by atoms with van der Waals surface area (Å²) in [5, 5.41) is 33.9. The molecule has 0 unspecified atom stereocenters. The lowest BCUT2D eigenvalue weighted by Crippen LogP contribution is -2.61. The van der Waals surface area contributed by atoms with Crippen LogP contribution < -0.4 is 53.8 Å². The van der Waals surface area contributed by atoms with Gasteiger partial charge in [-0.2, -0.15) is 0 Å². The van der Waals surface area contributed by atoms with Crippen LogP contribution in [0.1, 0.15) is 66.0 Å². The number of aliphatic carboxylic acids is 2. The van der Waals surface area contributed by atoms with Crippen LogP contribution in [0.5, 0.6) is 5.75 Å². The van der Waals surface area contributed by atoms with Gasteiger partial charge in [0.1, 0.15) is 60.8 Å². The molecule has 24 heteroatoms. The van der Waals surface area contributed by atoms with Crippen molar-refractivity contribution < 1.29 is 62.8 Å². The van der Waals surface area contributed by atoms with Gasteiger partial charge in [0, 0.05) is 55.9 Å². The highest BCUT2D eigenvalue weighted by Crippen LogP contribution is 2.26. The zero-order valence-corrected chi connectivity index (χ0v) is 47.2. The predicted octanol–water partition coefficient (Wildman–Crippen LogP) is 2.24. The minimum absolute atomic E-state index is 0.0385. The van der Waals surface area contributed by atoms with Gasteiger partial charge in [-0.25, -0.2) is 4.79 Å². The largest absolute Gasteiger partial charge is 0.489 e. The summed E-state index contributed by atoms with van der Waals surface area (Å²) in [5.41, 5.74) is 20.5. The zero-order valence-electron chi connectivity index (χ0n) is 47.2. The second-order valence-electron chi connectivity index (χ2n) is 20.8. The summed E-state index contributed by atoms with van der Waals surface area (Å²) in [6.07, 6.45) is 0.119. The lowest BCUT2D eigenvalue weighted by molar-refractivity contribution is -0.144. The lowest BCUT2D eigenvalue weighted by Gasteiger charge is -2.32. The Labute approximate surface area is 496 Å². The number of unbranched alkanes of at least 4 members (excludes halogenated alkanes) is 1. The van der Waals surface area contributed by atoms with E-state index in [-0.39, 0.29) is 51.7 Å². The molecule has 2 saturated heterocycles. The normalized spacial score (nSPS) is 20.6. The van der Waals surface area contributed by atoms with Crippen LogP contribution in [0.4, 0.5) is 4.79 Å². The van der Waals surface area contributed by atoms with Crippen molar-refractivity contribution in [2.24, 2.45) is 17.2 Å². The monoisotopic (exact) mass is 1180 g/mol. The van der Waals surface area contributed by atoms with Crippen LogP contribution in [0.15, 0.2) is 146 Å². The van der Waals surface area contributed by atoms with Crippen LogP contribution in [-0.2, 0) is 69.0 Å². The number of aromatic amines is 1. The van der Waals surface area contributed by atoms with Gasteiger partial charge in [0.15, 0.2) is 0 Å². The number of para-hydroxylation sites is 1. The maximum atomic E-state index is 15.3. The number of nitrogens with two attached hydrogens (primary N) is 3. The summed E-state index contributed by atoms with van der Waals surface area (Å²) in [6.45, 7) is 0.617. The van der Waals surface area contributed by atoms with Gasteiger partial charge in [0.2, 0.25) is 35.4 Å². The summed E-state index contributed by atoms with van der Waals surface area (Å²) >= 11 is 0. The Kier molecular flexibility index (Phi) is 23.7. The fourth-order valence-corrected chi connectivity index (χ4v) is 9.92. The number of nitrogens with one attached hydrogen (secondary N) is 7. The number of carboxylic acids is 2. The lowest BCUT2D eigenvalue weighted by atomic mass is 9.99. The van der Waals surface area contributed by atoms with Crippen LogP contribution >= 0.6 is 0 Å². The van der Waals surface area contributed by atoms with E-state index in [2.05, 4.69) is 36.9 Å². The average molecular weight is 1180 g/mol. The highest BCUT2D eigenvalue weighted by atomic mass is 16.6. The Balaban J connectivity index is 0.00000109. The van der Waals surface area contributed by atoms with E-state index in [1.54, 1.807) is 85.1 Å². The van der Waals surface area contributed by atoms with Gasteiger partial charge < -0.3 is 78.7 Å². The third kappa shape index (κ3) is 18.7. The molecule has 0 bridgehead atoms. The van der Waals surface area contributed by atoms with Crippen molar-refractivity contribution in [1.29, 1.82) is 0 Å². The standard InChI is InChI=1S/C58H66N10O9.C4H7NO4/c59-27-13-12-22-46-52(69)64-47(30-38-23-25-42(26-24-38)76-36-39-16-6-2-7-17-39)53(70)66-49(31-37-14-4-1-5-15-37)57(74)68-35-43(77-58(75)61-29-28-60)33-50(68)55(72)67-51(40-18-8-3-9-19-40)56(73)65-48(54(71)63-46)32-41-34-62-45-21-11-10-20-44(41)45;5-2(4(8)9)1-3(6)7/h1-11,14-21,23-26,34,43,46-51,62H,12-13,22,27-33,35-36,59-60H2,(H,61,75)(H,63,71)(H,64,69)(H,65,73)(H,66,70)(H,67,72);2H,1,5H2,(H,6,7)(H,8,9)/t43-,46+,47+,48-,49+,50+,51+;2-/m10/s1. The SMILES string of the molecule is NCCCC[C@@H]1NC(=O)[C@@H](Cc2c[nH]c3ccccc23)NC(=O)[C@H](c2ccccc2)NC(=O)[C@@H]2C[C@@H](OC(=O)NCCN)CN2C(=O)[C@H](Cc2ccccc2)NC(=O)[C@H](Cc2ccc(OCc3ccccc3)cc2)NC1=O.N[C@@H](CC(=O)O)C(=O)O. The van der Waals surface area contributed by atoms with Crippen LogP contribution in [0.3, 0.4) is 0 Å². The summed E-state index contributed by atoms with van der Waals surface area (Å²) in [5.74, 6) is -6.26. The van der Waals surface area contributed by atoms with Gasteiger partial charge in [-0.05, 0) is 71.8 Å². The molecule has 5 aromatic carbocycles. The number of carbonyl (C=O) groups is 9. The van der Waals surface area contributed by atoms with Crippen molar-refractivity contribution >= 4 is 64.4 Å². The zero-order chi connectivity index (χ0) is 61.5. The summed E-state index contributed by atoms with van der Waals surface area (Å²) in [4.78, 5) is 127. The molecule has 0 spiro atoms. The Hall–Kier alpha value is -9.65. The van der Waals surface area contributed by atoms with E-state index < -0.39 is 108 Å². The Bertz CT molecular complexity index is 3260. The molecular formula is C62H73N11O13. The minimum Gasteiger partial charge on any atom is -0.489 e. The Morgan fingerprint density at radius 2 is 1.19 bits per heavy atom. The molecule has 0 radical (unpaired) electrons. The Morgan fingerprint density at radius 3 is 1.83 bits per heavy atom. The second kappa shape index (κ2) is 31.9. The molecule has 7 amide bonds. The summed E-state index contributed by atoms with van der Waals surface area (Å²) < 4.78 is 11.8. The van der Waals surface area contributed by atoms with E-state index >= 15 is 9.59 Å². The van der Waals surface area contributed by atoms with E-state index in [4.69, 9.17) is 36.9 Å². The maximum absolute atomic E-state index is 15.3. The van der Waals surface area contributed by atoms with E-state index in [0.717, 1.165) is 16.5 Å². The number of benzene rings is 5. The van der Waals surface area contributed by atoms with Crippen molar-refractivity contribution in [2.45, 2.75) is 106 Å². The molecule has 1 aromatic heterocycles. The van der Waals surface area contributed by atoms with Gasteiger partial charge in [-0.15, -0.1) is 0 Å². The number of carbonyl (C=O) groups excluding carboxylic acids is 7. The number of rotatable bonds is 20. The van der Waals surface area contributed by atoms with E-state index in [1.807, 2.05) is 60.7 Å². The average Bonchev–Trinajstić information content (AvgIpc) is 2.84. The third-order valence-electron chi connectivity index (χ3n) is 14.4. The van der Waals surface area contributed by atoms with E-state index in [1.165, 1.54) is 4.90 Å². The number of fused-ring (bicyclic) bond motifs is 2. The van der Waals surface area contributed by atoms with E-state index in [0.29, 0.717) is 54.0 Å². The van der Waals surface area contributed by atoms with E-state index in [9.17, 15) is 33.6 Å². The van der Waals surface area contributed by atoms with Gasteiger partial charge in [0.25, 0.3) is 0 Å². The molecule has 6 aromatic rings. The number of alkyl carbamates (subject to hydrolysis) is 1. The topological polar surface area (TPSA) is 382 Å². The highest BCUT2D eigenvalue weighted by molar-refractivity contribution is 5.99.